The molecule has 0 saturated heterocycles. The largest absolute Gasteiger partial charge is 0.493 e. The van der Waals surface area contributed by atoms with Crippen LogP contribution in [0.25, 0.3) is 0 Å². The number of nitro groups is 1. The molecule has 0 bridgehead atoms. The fraction of sp³-hybridized carbons (Fsp3) is 0.357. The van der Waals surface area contributed by atoms with E-state index in [1.807, 2.05) is 6.92 Å². The fourth-order valence-electron chi connectivity index (χ4n) is 1.67. The van der Waals surface area contributed by atoms with E-state index in [2.05, 4.69) is 5.92 Å². The van der Waals surface area contributed by atoms with Gasteiger partial charge in [-0.25, -0.2) is 0 Å². The Bertz CT molecular complexity index is 565. The van der Waals surface area contributed by atoms with Crippen molar-refractivity contribution in [3.63, 3.8) is 0 Å². The number of ether oxygens (including phenoxy) is 1. The Kier molecular flexibility index (Phi) is 6.01. The van der Waals surface area contributed by atoms with E-state index in [0.29, 0.717) is 18.0 Å². The van der Waals surface area contributed by atoms with Crippen molar-refractivity contribution in [2.24, 2.45) is 0 Å². The summed E-state index contributed by atoms with van der Waals surface area (Å²) in [4.78, 5) is 22.6. The number of nitro benzene ring substituents is 1. The van der Waals surface area contributed by atoms with Crippen LogP contribution < -0.4 is 9.64 Å². The van der Waals surface area contributed by atoms with Crippen LogP contribution in [0.3, 0.4) is 0 Å². The number of terminal acetylenes is 1. The number of carboxylic acid groups (broad SMARTS) is 1. The van der Waals surface area contributed by atoms with Crippen molar-refractivity contribution in [3.8, 4) is 18.1 Å². The average Bonchev–Trinajstić information content (AvgIpc) is 2.43. The van der Waals surface area contributed by atoms with Gasteiger partial charge in [0.05, 0.1) is 24.1 Å². The molecular weight excluding hydrogens is 276 g/mol. The van der Waals surface area contributed by atoms with Gasteiger partial charge < -0.3 is 14.7 Å². The van der Waals surface area contributed by atoms with Crippen LogP contribution >= 0.6 is 0 Å². The molecule has 7 nitrogen and oxygen atoms in total. The van der Waals surface area contributed by atoms with E-state index >= 15 is 0 Å². The summed E-state index contributed by atoms with van der Waals surface area (Å²) in [6, 6.07) is 4.12. The van der Waals surface area contributed by atoms with Crippen molar-refractivity contribution in [1.82, 2.24) is 0 Å². The number of anilines is 1. The van der Waals surface area contributed by atoms with Crippen LogP contribution in [0.4, 0.5) is 11.4 Å². The first kappa shape index (κ1) is 16.3. The molecular formula is C14H16N2O5. The van der Waals surface area contributed by atoms with Gasteiger partial charge in [-0.15, -0.1) is 6.42 Å². The van der Waals surface area contributed by atoms with Gasteiger partial charge in [0.2, 0.25) is 0 Å². The number of hydrogen-bond acceptors (Lipinski definition) is 5. The topological polar surface area (TPSA) is 92.9 Å². The zero-order chi connectivity index (χ0) is 15.8. The molecule has 0 spiro atoms. The first-order chi connectivity index (χ1) is 9.97. The van der Waals surface area contributed by atoms with Gasteiger partial charge in [0.25, 0.3) is 5.69 Å². The second-order valence-corrected chi connectivity index (χ2v) is 4.24. The molecule has 0 aliphatic heterocycles. The number of carboxylic acids is 1. The second kappa shape index (κ2) is 7.75. The van der Waals surface area contributed by atoms with E-state index in [1.165, 1.54) is 17.0 Å². The van der Waals surface area contributed by atoms with Crippen LogP contribution in [0.2, 0.25) is 0 Å². The molecule has 0 aliphatic carbocycles. The minimum Gasteiger partial charge on any atom is -0.493 e. The van der Waals surface area contributed by atoms with Crippen LogP contribution in [0.5, 0.6) is 5.75 Å². The quantitative estimate of drug-likeness (QED) is 0.447. The number of non-ortho nitro benzene ring substituents is 1. The molecule has 0 heterocycles. The molecule has 112 valence electrons. The lowest BCUT2D eigenvalue weighted by molar-refractivity contribution is -0.384. The molecule has 0 aliphatic rings. The maximum Gasteiger partial charge on any atom is 0.323 e. The van der Waals surface area contributed by atoms with Gasteiger partial charge in [-0.1, -0.05) is 12.8 Å². The minimum atomic E-state index is -1.08. The summed E-state index contributed by atoms with van der Waals surface area (Å²) in [6.45, 7) is 2.00. The maximum absolute atomic E-state index is 11.0. The third kappa shape index (κ3) is 5.03. The number of benzene rings is 1. The van der Waals surface area contributed by atoms with E-state index < -0.39 is 10.9 Å². The summed E-state index contributed by atoms with van der Waals surface area (Å²) in [7, 11) is 0. The Morgan fingerprint density at radius 2 is 2.24 bits per heavy atom. The predicted octanol–water partition coefficient (Wildman–Crippen LogP) is 1.91. The van der Waals surface area contributed by atoms with Crippen LogP contribution in [0.15, 0.2) is 18.2 Å². The number of rotatable bonds is 8. The molecule has 1 aromatic rings. The Balaban J connectivity index is 3.17. The Morgan fingerprint density at radius 1 is 1.52 bits per heavy atom. The van der Waals surface area contributed by atoms with Gasteiger partial charge in [-0.3, -0.25) is 14.9 Å². The second-order valence-electron chi connectivity index (χ2n) is 4.24. The molecule has 0 atom stereocenters. The van der Waals surface area contributed by atoms with Crippen molar-refractivity contribution in [2.75, 3.05) is 24.6 Å². The van der Waals surface area contributed by atoms with Gasteiger partial charge in [0.15, 0.2) is 0 Å². The maximum atomic E-state index is 11.0. The minimum absolute atomic E-state index is 0.0285. The normalized spacial score (nSPS) is 9.71. The lowest BCUT2D eigenvalue weighted by Crippen LogP contribution is -2.30. The summed E-state index contributed by atoms with van der Waals surface area (Å²) in [5.74, 6) is 1.57. The standard InChI is InChI=1S/C14H16N2O5/c1-3-5-15(10-14(17)18)11-7-12(16(19)20)9-13(8-11)21-6-4-2/h1,7-9H,4-6,10H2,2H3,(H,17,18). The van der Waals surface area contributed by atoms with Crippen LogP contribution in [0.1, 0.15) is 13.3 Å². The third-order valence-electron chi connectivity index (χ3n) is 2.53. The highest BCUT2D eigenvalue weighted by Gasteiger charge is 2.16. The van der Waals surface area contributed by atoms with Crippen molar-refractivity contribution in [1.29, 1.82) is 0 Å². The van der Waals surface area contributed by atoms with Crippen molar-refractivity contribution in [2.45, 2.75) is 13.3 Å². The van der Waals surface area contributed by atoms with E-state index in [0.717, 1.165) is 6.42 Å². The van der Waals surface area contributed by atoms with Gasteiger partial charge >= 0.3 is 5.97 Å². The van der Waals surface area contributed by atoms with E-state index in [1.54, 1.807) is 6.07 Å². The molecule has 1 rings (SSSR count). The Morgan fingerprint density at radius 3 is 2.76 bits per heavy atom. The molecule has 21 heavy (non-hydrogen) atoms. The summed E-state index contributed by atoms with van der Waals surface area (Å²) in [6.07, 6.45) is 5.96. The first-order valence-electron chi connectivity index (χ1n) is 6.30. The van der Waals surface area contributed by atoms with Gasteiger partial charge in [0, 0.05) is 17.8 Å². The molecule has 1 N–H and O–H groups in total. The molecule has 0 unspecified atom stereocenters. The van der Waals surface area contributed by atoms with Crippen molar-refractivity contribution in [3.05, 3.63) is 28.3 Å². The van der Waals surface area contributed by atoms with Crippen molar-refractivity contribution < 1.29 is 19.6 Å². The van der Waals surface area contributed by atoms with Crippen LogP contribution in [-0.2, 0) is 4.79 Å². The smallest absolute Gasteiger partial charge is 0.323 e. The number of nitrogens with zero attached hydrogens (tertiary/aromatic N) is 2. The molecule has 0 radical (unpaired) electrons. The summed E-state index contributed by atoms with van der Waals surface area (Å²) < 4.78 is 5.39. The van der Waals surface area contributed by atoms with Crippen molar-refractivity contribution >= 4 is 17.3 Å². The highest BCUT2D eigenvalue weighted by Crippen LogP contribution is 2.28. The monoisotopic (exact) mass is 292 g/mol. The fourth-order valence-corrected chi connectivity index (χ4v) is 1.67. The third-order valence-corrected chi connectivity index (χ3v) is 2.53. The van der Waals surface area contributed by atoms with E-state index in [-0.39, 0.29) is 18.8 Å². The number of aliphatic carboxylic acids is 1. The number of carbonyl (C=O) groups is 1. The highest BCUT2D eigenvalue weighted by molar-refractivity contribution is 5.74. The Hall–Kier alpha value is -2.75. The number of hydrogen-bond donors (Lipinski definition) is 1. The summed E-state index contributed by atoms with van der Waals surface area (Å²) in [5.41, 5.74) is 0.168. The zero-order valence-corrected chi connectivity index (χ0v) is 11.6. The lowest BCUT2D eigenvalue weighted by Gasteiger charge is -2.20. The summed E-state index contributed by atoms with van der Waals surface area (Å²) >= 11 is 0. The van der Waals surface area contributed by atoms with Crippen LogP contribution in [0, 0.1) is 22.5 Å². The van der Waals surface area contributed by atoms with E-state index in [9.17, 15) is 14.9 Å². The molecule has 0 aromatic heterocycles. The zero-order valence-electron chi connectivity index (χ0n) is 11.6. The molecule has 0 fully saturated rings. The van der Waals surface area contributed by atoms with Gasteiger partial charge in [-0.2, -0.15) is 0 Å². The molecule has 0 amide bonds. The van der Waals surface area contributed by atoms with Gasteiger partial charge in [-0.05, 0) is 6.42 Å². The molecule has 1 aromatic carbocycles. The SMILES string of the molecule is C#CCN(CC(=O)O)c1cc(OCCC)cc([N+](=O)[O-])c1. The first-order valence-corrected chi connectivity index (χ1v) is 6.30. The van der Waals surface area contributed by atoms with Crippen LogP contribution in [-0.4, -0.2) is 35.7 Å². The average molecular weight is 292 g/mol. The highest BCUT2D eigenvalue weighted by atomic mass is 16.6. The molecule has 0 saturated carbocycles. The van der Waals surface area contributed by atoms with E-state index in [4.69, 9.17) is 16.3 Å². The lowest BCUT2D eigenvalue weighted by atomic mass is 10.2. The molecule has 7 heteroatoms. The predicted molar refractivity (Wildman–Crippen MR) is 77.6 cm³/mol. The van der Waals surface area contributed by atoms with Gasteiger partial charge in [0.1, 0.15) is 12.3 Å². The Labute approximate surface area is 122 Å². The summed E-state index contributed by atoms with van der Waals surface area (Å²) in [5, 5.41) is 19.8.